The van der Waals surface area contributed by atoms with Crippen molar-refractivity contribution >= 4 is 5.82 Å². The molecule has 1 fully saturated rings. The molecule has 0 aromatic carbocycles. The summed E-state index contributed by atoms with van der Waals surface area (Å²) in [6.07, 6.45) is 2.68. The van der Waals surface area contributed by atoms with Crippen LogP contribution in [0.15, 0.2) is 6.07 Å². The Balaban J connectivity index is 2.03. The smallest absolute Gasteiger partial charge is 0.218 e. The summed E-state index contributed by atoms with van der Waals surface area (Å²) in [7, 11) is 1.62. The molecule has 1 N–H and O–H groups in total. The summed E-state index contributed by atoms with van der Waals surface area (Å²) in [6, 6.07) is 1.83. The Bertz CT molecular complexity index is 323. The molecule has 14 heavy (non-hydrogen) atoms. The standard InChI is InChI=1S/C10H15N3O/c1-7-12-9(5-10(13-7)14-2)11-6-8-3-4-8/h5,8H,3-4,6H2,1-2H3,(H,11,12,13). The zero-order valence-electron chi connectivity index (χ0n) is 8.58. The van der Waals surface area contributed by atoms with Crippen molar-refractivity contribution in [2.75, 3.05) is 19.0 Å². The first-order valence-corrected chi connectivity index (χ1v) is 4.91. The predicted octanol–water partition coefficient (Wildman–Crippen LogP) is 1.62. The Morgan fingerprint density at radius 1 is 1.50 bits per heavy atom. The Hall–Kier alpha value is -1.32. The van der Waals surface area contributed by atoms with E-state index in [0.717, 1.165) is 24.1 Å². The summed E-state index contributed by atoms with van der Waals surface area (Å²) >= 11 is 0. The lowest BCUT2D eigenvalue weighted by molar-refractivity contribution is 0.396. The Morgan fingerprint density at radius 3 is 2.93 bits per heavy atom. The number of nitrogens with one attached hydrogen (secondary N) is 1. The molecule has 0 spiro atoms. The molecule has 4 nitrogen and oxygen atoms in total. The fraction of sp³-hybridized carbons (Fsp3) is 0.600. The van der Waals surface area contributed by atoms with Crippen molar-refractivity contribution in [3.05, 3.63) is 11.9 Å². The largest absolute Gasteiger partial charge is 0.481 e. The lowest BCUT2D eigenvalue weighted by Gasteiger charge is -2.06. The van der Waals surface area contributed by atoms with Crippen molar-refractivity contribution in [3.63, 3.8) is 0 Å². The summed E-state index contributed by atoms with van der Waals surface area (Å²) < 4.78 is 5.07. The highest BCUT2D eigenvalue weighted by Gasteiger charge is 2.20. The van der Waals surface area contributed by atoms with Gasteiger partial charge in [0.15, 0.2) is 0 Å². The Morgan fingerprint density at radius 2 is 2.29 bits per heavy atom. The fourth-order valence-electron chi connectivity index (χ4n) is 1.31. The van der Waals surface area contributed by atoms with Gasteiger partial charge in [-0.2, -0.15) is 4.98 Å². The van der Waals surface area contributed by atoms with Crippen LogP contribution in [0.2, 0.25) is 0 Å². The molecule has 1 aliphatic carbocycles. The van der Waals surface area contributed by atoms with Gasteiger partial charge in [-0.05, 0) is 25.7 Å². The lowest BCUT2D eigenvalue weighted by Crippen LogP contribution is -2.06. The van der Waals surface area contributed by atoms with E-state index in [-0.39, 0.29) is 0 Å². The molecular weight excluding hydrogens is 178 g/mol. The van der Waals surface area contributed by atoms with Crippen molar-refractivity contribution in [2.24, 2.45) is 5.92 Å². The molecule has 1 aliphatic rings. The Kier molecular flexibility index (Phi) is 2.52. The maximum absolute atomic E-state index is 5.07. The summed E-state index contributed by atoms with van der Waals surface area (Å²) in [5, 5.41) is 3.29. The molecule has 0 atom stereocenters. The summed E-state index contributed by atoms with van der Waals surface area (Å²) in [5.41, 5.74) is 0. The van der Waals surface area contributed by atoms with E-state index in [1.807, 2.05) is 13.0 Å². The van der Waals surface area contributed by atoms with E-state index in [0.29, 0.717) is 5.88 Å². The van der Waals surface area contributed by atoms with E-state index in [4.69, 9.17) is 4.74 Å². The first-order chi connectivity index (χ1) is 6.78. The molecule has 4 heteroatoms. The van der Waals surface area contributed by atoms with Gasteiger partial charge in [-0.15, -0.1) is 0 Å². The molecule has 0 aliphatic heterocycles. The molecule has 2 rings (SSSR count). The molecule has 1 aromatic rings. The average molecular weight is 193 g/mol. The third kappa shape index (κ3) is 2.34. The van der Waals surface area contributed by atoms with E-state index in [2.05, 4.69) is 15.3 Å². The van der Waals surface area contributed by atoms with Gasteiger partial charge >= 0.3 is 0 Å². The van der Waals surface area contributed by atoms with Gasteiger partial charge in [-0.3, -0.25) is 0 Å². The summed E-state index contributed by atoms with van der Waals surface area (Å²) in [5.74, 6) is 3.07. The minimum absolute atomic E-state index is 0.621. The SMILES string of the molecule is COc1cc(NCC2CC2)nc(C)n1. The Labute approximate surface area is 83.7 Å². The van der Waals surface area contributed by atoms with Crippen molar-refractivity contribution in [1.82, 2.24) is 9.97 Å². The number of hydrogen-bond acceptors (Lipinski definition) is 4. The third-order valence-corrected chi connectivity index (χ3v) is 2.29. The first-order valence-electron chi connectivity index (χ1n) is 4.91. The van der Waals surface area contributed by atoms with E-state index in [1.54, 1.807) is 7.11 Å². The quantitative estimate of drug-likeness (QED) is 0.789. The number of rotatable bonds is 4. The van der Waals surface area contributed by atoms with Crippen LogP contribution in [0, 0.1) is 12.8 Å². The van der Waals surface area contributed by atoms with Crippen LogP contribution in [-0.2, 0) is 0 Å². The zero-order valence-corrected chi connectivity index (χ0v) is 8.58. The number of aromatic nitrogens is 2. The maximum Gasteiger partial charge on any atom is 0.218 e. The topological polar surface area (TPSA) is 47.0 Å². The van der Waals surface area contributed by atoms with E-state index in [9.17, 15) is 0 Å². The van der Waals surface area contributed by atoms with Gasteiger partial charge in [0, 0.05) is 12.6 Å². The van der Waals surface area contributed by atoms with Gasteiger partial charge in [-0.25, -0.2) is 4.98 Å². The summed E-state index contributed by atoms with van der Waals surface area (Å²) in [6.45, 7) is 2.88. The van der Waals surface area contributed by atoms with Crippen molar-refractivity contribution in [2.45, 2.75) is 19.8 Å². The molecule has 1 heterocycles. The van der Waals surface area contributed by atoms with Gasteiger partial charge in [-0.1, -0.05) is 0 Å². The van der Waals surface area contributed by atoms with Crippen molar-refractivity contribution < 1.29 is 4.74 Å². The number of nitrogens with zero attached hydrogens (tertiary/aromatic N) is 2. The van der Waals surface area contributed by atoms with Crippen LogP contribution in [0.1, 0.15) is 18.7 Å². The molecule has 0 bridgehead atoms. The molecular formula is C10H15N3O. The molecule has 1 saturated carbocycles. The second-order valence-corrected chi connectivity index (χ2v) is 3.67. The molecule has 0 unspecified atom stereocenters. The number of ether oxygens (including phenoxy) is 1. The van der Waals surface area contributed by atoms with Crippen LogP contribution in [0.25, 0.3) is 0 Å². The normalized spacial score (nSPS) is 15.3. The zero-order chi connectivity index (χ0) is 9.97. The second-order valence-electron chi connectivity index (χ2n) is 3.67. The van der Waals surface area contributed by atoms with Crippen molar-refractivity contribution in [3.8, 4) is 5.88 Å². The van der Waals surface area contributed by atoms with Gasteiger partial charge in [0.25, 0.3) is 0 Å². The average Bonchev–Trinajstić information content (AvgIpc) is 2.97. The monoisotopic (exact) mass is 193 g/mol. The minimum atomic E-state index is 0.621. The van der Waals surface area contributed by atoms with E-state index < -0.39 is 0 Å². The van der Waals surface area contributed by atoms with Crippen LogP contribution < -0.4 is 10.1 Å². The molecule has 1 aromatic heterocycles. The van der Waals surface area contributed by atoms with Crippen LogP contribution >= 0.6 is 0 Å². The first kappa shape index (κ1) is 9.24. The second kappa shape index (κ2) is 3.82. The maximum atomic E-state index is 5.07. The number of methoxy groups -OCH3 is 1. The lowest BCUT2D eigenvalue weighted by atomic mass is 10.4. The van der Waals surface area contributed by atoms with Crippen LogP contribution in [0.4, 0.5) is 5.82 Å². The van der Waals surface area contributed by atoms with Gasteiger partial charge in [0.05, 0.1) is 7.11 Å². The molecule has 0 saturated heterocycles. The van der Waals surface area contributed by atoms with Gasteiger partial charge < -0.3 is 10.1 Å². The number of anilines is 1. The summed E-state index contributed by atoms with van der Waals surface area (Å²) in [4.78, 5) is 8.40. The minimum Gasteiger partial charge on any atom is -0.481 e. The fourth-order valence-corrected chi connectivity index (χ4v) is 1.31. The molecule has 0 amide bonds. The molecule has 76 valence electrons. The highest BCUT2D eigenvalue weighted by Crippen LogP contribution is 2.28. The van der Waals surface area contributed by atoms with Crippen LogP contribution in [0.3, 0.4) is 0 Å². The highest BCUT2D eigenvalue weighted by atomic mass is 16.5. The van der Waals surface area contributed by atoms with E-state index >= 15 is 0 Å². The van der Waals surface area contributed by atoms with Gasteiger partial charge in [0.1, 0.15) is 11.6 Å². The van der Waals surface area contributed by atoms with Gasteiger partial charge in [0.2, 0.25) is 5.88 Å². The number of aryl methyl sites for hydroxylation is 1. The third-order valence-electron chi connectivity index (χ3n) is 2.29. The van der Waals surface area contributed by atoms with Crippen LogP contribution in [0.5, 0.6) is 5.88 Å². The van der Waals surface area contributed by atoms with Crippen molar-refractivity contribution in [1.29, 1.82) is 0 Å². The van der Waals surface area contributed by atoms with Crippen LogP contribution in [-0.4, -0.2) is 23.6 Å². The number of hydrogen-bond donors (Lipinski definition) is 1. The predicted molar refractivity (Wildman–Crippen MR) is 54.5 cm³/mol. The highest BCUT2D eigenvalue weighted by molar-refractivity contribution is 5.38. The van der Waals surface area contributed by atoms with E-state index in [1.165, 1.54) is 12.8 Å². The molecule has 0 radical (unpaired) electrons.